The van der Waals surface area contributed by atoms with Crippen LogP contribution < -0.4 is 0 Å². The normalized spacial score (nSPS) is 40.4. The maximum absolute atomic E-state index is 2.65. The number of hydrogen-bond acceptors (Lipinski definition) is 0. The summed E-state index contributed by atoms with van der Waals surface area (Å²) in [6.45, 7) is 4.73. The van der Waals surface area contributed by atoms with E-state index in [0.717, 1.165) is 35.5 Å². The van der Waals surface area contributed by atoms with E-state index < -0.39 is 0 Å². The molecule has 0 nitrogen and oxygen atoms in total. The third-order valence-electron chi connectivity index (χ3n) is 8.20. The fourth-order valence-electron chi connectivity index (χ4n) is 6.27. The first kappa shape index (κ1) is 19.5. The van der Waals surface area contributed by atoms with Crippen molar-refractivity contribution in [2.24, 2.45) is 35.5 Å². The summed E-state index contributed by atoms with van der Waals surface area (Å²) < 4.78 is 0. The average molecular weight is 345 g/mol. The lowest BCUT2D eigenvalue weighted by atomic mass is 9.69. The van der Waals surface area contributed by atoms with E-state index in [1.807, 2.05) is 0 Å². The molecule has 0 aromatic heterocycles. The monoisotopic (exact) mass is 344 g/mol. The first-order valence-corrected chi connectivity index (χ1v) is 12.0. The molecular formula is C25H44. The molecule has 0 bridgehead atoms. The Morgan fingerprint density at radius 3 is 1.48 bits per heavy atom. The first-order valence-electron chi connectivity index (χ1n) is 12.0. The van der Waals surface area contributed by atoms with Crippen LogP contribution in [0.5, 0.6) is 0 Å². The number of allylic oxidation sites excluding steroid dienone is 2. The molecule has 0 heteroatoms. The molecule has 0 unspecified atom stereocenters. The van der Waals surface area contributed by atoms with Gasteiger partial charge in [0.15, 0.2) is 0 Å². The van der Waals surface area contributed by atoms with Crippen LogP contribution in [0, 0.1) is 35.5 Å². The molecule has 0 N–H and O–H groups in total. The minimum atomic E-state index is 0.912. The fraction of sp³-hybridized carbons (Fsp3) is 0.920. The largest absolute Gasteiger partial charge is 0.0851 e. The summed E-state index contributed by atoms with van der Waals surface area (Å²) in [5, 5.41) is 0. The van der Waals surface area contributed by atoms with Crippen LogP contribution >= 0.6 is 0 Å². The highest BCUT2D eigenvalue weighted by molar-refractivity contribution is 4.96. The smallest absolute Gasteiger partial charge is 0.0233 e. The van der Waals surface area contributed by atoms with Gasteiger partial charge in [0.2, 0.25) is 0 Å². The first-order chi connectivity index (χ1) is 12.3. The molecule has 0 radical (unpaired) electrons. The van der Waals surface area contributed by atoms with E-state index in [2.05, 4.69) is 26.0 Å². The van der Waals surface area contributed by atoms with Gasteiger partial charge in [-0.05, 0) is 99.7 Å². The van der Waals surface area contributed by atoms with Crippen molar-refractivity contribution in [1.82, 2.24) is 0 Å². The minimum absolute atomic E-state index is 0.912. The predicted molar refractivity (Wildman–Crippen MR) is 111 cm³/mol. The molecule has 25 heavy (non-hydrogen) atoms. The predicted octanol–water partition coefficient (Wildman–Crippen LogP) is 8.17. The van der Waals surface area contributed by atoms with Gasteiger partial charge in [0.05, 0.1) is 0 Å². The molecule has 0 aliphatic heterocycles. The van der Waals surface area contributed by atoms with E-state index in [-0.39, 0.29) is 0 Å². The lowest BCUT2D eigenvalue weighted by molar-refractivity contribution is 0.154. The summed E-state index contributed by atoms with van der Waals surface area (Å²) in [5.41, 5.74) is 0. The van der Waals surface area contributed by atoms with Gasteiger partial charge in [-0.2, -0.15) is 0 Å². The molecule has 0 amide bonds. The van der Waals surface area contributed by atoms with E-state index in [9.17, 15) is 0 Å². The van der Waals surface area contributed by atoms with E-state index in [0.29, 0.717) is 0 Å². The number of hydrogen-bond donors (Lipinski definition) is 0. The second kappa shape index (κ2) is 10.2. The molecule has 0 spiro atoms. The van der Waals surface area contributed by atoms with E-state index in [1.165, 1.54) is 83.5 Å². The Hall–Kier alpha value is -0.260. The second-order valence-electron chi connectivity index (χ2n) is 9.82. The van der Waals surface area contributed by atoms with Crippen molar-refractivity contribution in [3.8, 4) is 0 Å². The van der Waals surface area contributed by atoms with Crippen molar-refractivity contribution in [2.75, 3.05) is 0 Å². The van der Waals surface area contributed by atoms with Crippen molar-refractivity contribution in [3.63, 3.8) is 0 Å². The van der Waals surface area contributed by atoms with Crippen LogP contribution in [0.4, 0.5) is 0 Å². The lowest BCUT2D eigenvalue weighted by Crippen LogP contribution is -2.25. The van der Waals surface area contributed by atoms with Crippen molar-refractivity contribution in [3.05, 3.63) is 12.2 Å². The second-order valence-corrected chi connectivity index (χ2v) is 9.82. The maximum atomic E-state index is 2.65. The van der Waals surface area contributed by atoms with Crippen molar-refractivity contribution in [1.29, 1.82) is 0 Å². The minimum Gasteiger partial charge on any atom is -0.0851 e. The number of rotatable bonds is 6. The zero-order valence-electron chi connectivity index (χ0n) is 17.2. The average Bonchev–Trinajstić information content (AvgIpc) is 2.68. The van der Waals surface area contributed by atoms with Crippen LogP contribution in [0.25, 0.3) is 0 Å². The van der Waals surface area contributed by atoms with Crippen LogP contribution in [0.15, 0.2) is 12.2 Å². The molecule has 3 aliphatic carbocycles. The Bertz CT molecular complexity index is 371. The Balaban J connectivity index is 1.34. The molecule has 3 saturated carbocycles. The van der Waals surface area contributed by atoms with Crippen LogP contribution in [0.2, 0.25) is 0 Å². The zero-order chi connectivity index (χ0) is 17.5. The highest BCUT2D eigenvalue weighted by Gasteiger charge is 2.30. The summed E-state index contributed by atoms with van der Waals surface area (Å²) >= 11 is 0. The van der Waals surface area contributed by atoms with Gasteiger partial charge in [-0.1, -0.05) is 58.1 Å². The molecule has 0 heterocycles. The van der Waals surface area contributed by atoms with Gasteiger partial charge < -0.3 is 0 Å². The van der Waals surface area contributed by atoms with Gasteiger partial charge in [0.1, 0.15) is 0 Å². The Kier molecular flexibility index (Phi) is 7.93. The molecule has 0 saturated heterocycles. The quantitative estimate of drug-likeness (QED) is 0.426. The summed E-state index contributed by atoms with van der Waals surface area (Å²) in [7, 11) is 0. The standard InChI is InChI=1S/C25H44/c1-3-5-21-6-8-22(9-7-21)10-11-23-14-18-25(19-15-23)24-16-12-20(4-2)13-17-24/h10-11,20-25H,3-9,12-19H2,1-2H3/b11-10+. The highest BCUT2D eigenvalue weighted by Crippen LogP contribution is 2.42. The third-order valence-corrected chi connectivity index (χ3v) is 8.20. The zero-order valence-corrected chi connectivity index (χ0v) is 17.2. The topological polar surface area (TPSA) is 0 Å². The summed E-state index contributed by atoms with van der Waals surface area (Å²) in [6, 6.07) is 0. The van der Waals surface area contributed by atoms with Crippen LogP contribution in [0.3, 0.4) is 0 Å². The summed E-state index contributed by atoms with van der Waals surface area (Å²) in [4.78, 5) is 0. The van der Waals surface area contributed by atoms with Crippen LogP contribution in [0.1, 0.15) is 110 Å². The van der Waals surface area contributed by atoms with Gasteiger partial charge in [0, 0.05) is 0 Å². The molecular weight excluding hydrogens is 300 g/mol. The fourth-order valence-corrected chi connectivity index (χ4v) is 6.27. The highest BCUT2D eigenvalue weighted by atomic mass is 14.4. The van der Waals surface area contributed by atoms with Crippen molar-refractivity contribution in [2.45, 2.75) is 110 Å². The van der Waals surface area contributed by atoms with Gasteiger partial charge in [-0.3, -0.25) is 0 Å². The van der Waals surface area contributed by atoms with E-state index >= 15 is 0 Å². The summed E-state index contributed by atoms with van der Waals surface area (Å²) in [5.74, 6) is 6.09. The Morgan fingerprint density at radius 1 is 0.560 bits per heavy atom. The molecule has 3 rings (SSSR count). The van der Waals surface area contributed by atoms with Gasteiger partial charge in [-0.15, -0.1) is 0 Å². The summed E-state index contributed by atoms with van der Waals surface area (Å²) in [6.07, 6.45) is 27.7. The van der Waals surface area contributed by atoms with E-state index in [1.54, 1.807) is 12.8 Å². The molecule has 0 aromatic carbocycles. The SMILES string of the molecule is CCCC1CCC(/C=C/C2CCC(C3CCC(CC)CC3)CC2)CC1. The van der Waals surface area contributed by atoms with Gasteiger partial charge in [0.25, 0.3) is 0 Å². The molecule has 0 atom stereocenters. The molecule has 3 fully saturated rings. The van der Waals surface area contributed by atoms with Crippen LogP contribution in [-0.2, 0) is 0 Å². The van der Waals surface area contributed by atoms with Crippen LogP contribution in [-0.4, -0.2) is 0 Å². The van der Waals surface area contributed by atoms with Gasteiger partial charge in [-0.25, -0.2) is 0 Å². The van der Waals surface area contributed by atoms with Crippen molar-refractivity contribution < 1.29 is 0 Å². The Morgan fingerprint density at radius 2 is 1.00 bits per heavy atom. The molecule has 3 aliphatic rings. The molecule has 0 aromatic rings. The lowest BCUT2D eigenvalue weighted by Gasteiger charge is -2.37. The van der Waals surface area contributed by atoms with E-state index in [4.69, 9.17) is 0 Å². The van der Waals surface area contributed by atoms with Crippen molar-refractivity contribution >= 4 is 0 Å². The molecule has 144 valence electrons. The van der Waals surface area contributed by atoms with Gasteiger partial charge >= 0.3 is 0 Å². The Labute approximate surface area is 158 Å². The maximum Gasteiger partial charge on any atom is -0.0233 e. The third kappa shape index (κ3) is 5.86.